The molecule has 0 N–H and O–H groups in total. The zero-order chi connectivity index (χ0) is 24.1. The normalized spacial score (nSPS) is 11.2. The Kier molecular flexibility index (Phi) is 8.15. The molecule has 0 aliphatic heterocycles. The quantitative estimate of drug-likeness (QED) is 0.418. The van der Waals surface area contributed by atoms with E-state index in [1.165, 1.54) is 16.9 Å². The topological polar surface area (TPSA) is 64.1 Å². The Morgan fingerprint density at radius 2 is 1.58 bits per heavy atom. The first-order valence-electron chi connectivity index (χ1n) is 11.1. The van der Waals surface area contributed by atoms with Crippen molar-refractivity contribution in [3.8, 4) is 17.2 Å². The third-order valence-corrected chi connectivity index (χ3v) is 6.77. The van der Waals surface area contributed by atoms with Crippen LogP contribution in [0.4, 0.5) is 5.13 Å². The van der Waals surface area contributed by atoms with Gasteiger partial charge in [0, 0.05) is 18.7 Å². The highest BCUT2D eigenvalue weighted by atomic mass is 32.1. The lowest BCUT2D eigenvalue weighted by molar-refractivity contribution is 0.0983. The largest absolute Gasteiger partial charge is 0.493 e. The number of ether oxygens (including phenoxy) is 3. The molecule has 0 fully saturated rings. The van der Waals surface area contributed by atoms with Crippen LogP contribution in [-0.2, 0) is 0 Å². The van der Waals surface area contributed by atoms with E-state index in [0.717, 1.165) is 35.4 Å². The average molecular weight is 472 g/mol. The summed E-state index contributed by atoms with van der Waals surface area (Å²) in [4.78, 5) is 22.7. The van der Waals surface area contributed by atoms with E-state index in [1.807, 2.05) is 0 Å². The van der Waals surface area contributed by atoms with Crippen LogP contribution in [0, 0.1) is 13.8 Å². The fourth-order valence-electron chi connectivity index (χ4n) is 3.90. The molecule has 2 aromatic carbocycles. The van der Waals surface area contributed by atoms with Gasteiger partial charge in [-0.25, -0.2) is 4.98 Å². The number of hydrogen-bond donors (Lipinski definition) is 0. The van der Waals surface area contributed by atoms with E-state index in [-0.39, 0.29) is 5.91 Å². The zero-order valence-corrected chi connectivity index (χ0v) is 21.3. The first kappa shape index (κ1) is 24.8. The van der Waals surface area contributed by atoms with Crippen LogP contribution >= 0.6 is 11.3 Å². The number of hydrogen-bond acceptors (Lipinski definition) is 7. The van der Waals surface area contributed by atoms with Gasteiger partial charge in [0.1, 0.15) is 0 Å². The summed E-state index contributed by atoms with van der Waals surface area (Å²) in [6.45, 7) is 11.5. The van der Waals surface area contributed by atoms with Crippen molar-refractivity contribution >= 4 is 32.6 Å². The van der Waals surface area contributed by atoms with E-state index >= 15 is 0 Å². The summed E-state index contributed by atoms with van der Waals surface area (Å²) in [6, 6.07) is 7.62. The summed E-state index contributed by atoms with van der Waals surface area (Å²) in [7, 11) is 4.63. The number of carbonyl (C=O) groups is 1. The number of carbonyl (C=O) groups excluding carboxylic acids is 1. The number of benzene rings is 2. The predicted molar refractivity (Wildman–Crippen MR) is 135 cm³/mol. The summed E-state index contributed by atoms with van der Waals surface area (Å²) in [5, 5.41) is 0.685. The Labute approximate surface area is 199 Å². The fraction of sp³-hybridized carbons (Fsp3) is 0.440. The van der Waals surface area contributed by atoms with Gasteiger partial charge in [-0.2, -0.15) is 0 Å². The minimum atomic E-state index is -0.158. The highest BCUT2D eigenvalue weighted by Gasteiger charge is 2.25. The van der Waals surface area contributed by atoms with Crippen molar-refractivity contribution in [2.45, 2.75) is 27.7 Å². The van der Waals surface area contributed by atoms with Crippen molar-refractivity contribution < 1.29 is 19.0 Å². The smallest absolute Gasteiger partial charge is 0.260 e. The summed E-state index contributed by atoms with van der Waals surface area (Å²) >= 11 is 1.54. The molecule has 1 heterocycles. The molecule has 0 spiro atoms. The molecule has 0 saturated carbocycles. The number of rotatable bonds is 10. The highest BCUT2D eigenvalue weighted by molar-refractivity contribution is 7.22. The molecule has 7 nitrogen and oxygen atoms in total. The van der Waals surface area contributed by atoms with Crippen molar-refractivity contribution in [3.05, 3.63) is 41.0 Å². The molecule has 0 atom stereocenters. The van der Waals surface area contributed by atoms with Gasteiger partial charge in [0.25, 0.3) is 5.91 Å². The number of thiazole rings is 1. The lowest BCUT2D eigenvalue weighted by Crippen LogP contribution is -2.38. The first-order chi connectivity index (χ1) is 15.9. The molecule has 0 unspecified atom stereocenters. The number of methoxy groups -OCH3 is 3. The van der Waals surface area contributed by atoms with Gasteiger partial charge in [-0.15, -0.1) is 0 Å². The van der Waals surface area contributed by atoms with Crippen LogP contribution in [-0.4, -0.2) is 63.3 Å². The number of aromatic nitrogens is 1. The van der Waals surface area contributed by atoms with Crippen LogP contribution < -0.4 is 19.1 Å². The van der Waals surface area contributed by atoms with Gasteiger partial charge in [-0.05, 0) is 56.3 Å². The average Bonchev–Trinajstić information content (AvgIpc) is 3.24. The van der Waals surface area contributed by atoms with Gasteiger partial charge in [-0.3, -0.25) is 9.69 Å². The second-order valence-corrected chi connectivity index (χ2v) is 8.83. The van der Waals surface area contributed by atoms with Crippen molar-refractivity contribution in [2.75, 3.05) is 52.4 Å². The van der Waals surface area contributed by atoms with Gasteiger partial charge in [0.15, 0.2) is 16.6 Å². The van der Waals surface area contributed by atoms with Gasteiger partial charge >= 0.3 is 0 Å². The lowest BCUT2D eigenvalue weighted by atomic mass is 10.1. The van der Waals surface area contributed by atoms with Gasteiger partial charge in [-0.1, -0.05) is 31.3 Å². The molecule has 3 aromatic rings. The van der Waals surface area contributed by atoms with Crippen LogP contribution in [0.5, 0.6) is 17.2 Å². The lowest BCUT2D eigenvalue weighted by Gasteiger charge is -2.25. The number of amides is 1. The minimum Gasteiger partial charge on any atom is -0.493 e. The van der Waals surface area contributed by atoms with Crippen molar-refractivity contribution in [1.29, 1.82) is 0 Å². The standard InChI is InChI=1S/C25H33N3O4S/c1-8-27(9-2)10-11-28(25-26-22-17(4)12-16(3)13-21(22)33-25)24(29)18-14-19(30-5)23(32-7)20(15-18)31-6/h12-15H,8-11H2,1-7H3. The maximum absolute atomic E-state index is 13.8. The molecule has 3 rings (SSSR count). The van der Waals surface area contributed by atoms with E-state index in [9.17, 15) is 4.79 Å². The van der Waals surface area contributed by atoms with E-state index in [0.29, 0.717) is 34.5 Å². The van der Waals surface area contributed by atoms with Crippen LogP contribution in [0.3, 0.4) is 0 Å². The number of nitrogens with zero attached hydrogens (tertiary/aromatic N) is 3. The number of anilines is 1. The molecule has 0 radical (unpaired) electrons. The van der Waals surface area contributed by atoms with E-state index in [1.54, 1.807) is 38.4 Å². The molecule has 0 saturated heterocycles. The second-order valence-electron chi connectivity index (χ2n) is 7.82. The summed E-state index contributed by atoms with van der Waals surface area (Å²) in [6.07, 6.45) is 0. The predicted octanol–water partition coefficient (Wildman–Crippen LogP) is 4.93. The molecule has 0 aliphatic rings. The van der Waals surface area contributed by atoms with Gasteiger partial charge in [0.2, 0.25) is 5.75 Å². The van der Waals surface area contributed by atoms with Gasteiger partial charge in [0.05, 0.1) is 31.5 Å². The van der Waals surface area contributed by atoms with Crippen LogP contribution in [0.25, 0.3) is 10.2 Å². The van der Waals surface area contributed by atoms with Crippen molar-refractivity contribution in [1.82, 2.24) is 9.88 Å². The third kappa shape index (κ3) is 5.23. The maximum Gasteiger partial charge on any atom is 0.260 e. The second kappa shape index (κ2) is 10.9. The third-order valence-electron chi connectivity index (χ3n) is 5.74. The number of fused-ring (bicyclic) bond motifs is 1. The molecule has 8 heteroatoms. The Bertz CT molecular complexity index is 1100. The molecule has 178 valence electrons. The molecule has 33 heavy (non-hydrogen) atoms. The van der Waals surface area contributed by atoms with Crippen molar-refractivity contribution in [3.63, 3.8) is 0 Å². The molecule has 1 aromatic heterocycles. The Morgan fingerprint density at radius 1 is 0.939 bits per heavy atom. The Morgan fingerprint density at radius 3 is 2.12 bits per heavy atom. The van der Waals surface area contributed by atoms with Crippen LogP contribution in [0.1, 0.15) is 35.3 Å². The van der Waals surface area contributed by atoms with Crippen LogP contribution in [0.2, 0.25) is 0 Å². The number of likely N-dealkylation sites (N-methyl/N-ethyl adjacent to an activating group) is 1. The fourth-order valence-corrected chi connectivity index (χ4v) is 5.07. The minimum absolute atomic E-state index is 0.158. The SMILES string of the molecule is CCN(CC)CCN(C(=O)c1cc(OC)c(OC)c(OC)c1)c1nc2c(C)cc(C)cc2s1. The Hall–Kier alpha value is -2.84. The molecule has 0 aliphatic carbocycles. The summed E-state index contributed by atoms with van der Waals surface area (Å²) < 4.78 is 17.4. The van der Waals surface area contributed by atoms with Crippen LogP contribution in [0.15, 0.2) is 24.3 Å². The maximum atomic E-state index is 13.8. The first-order valence-corrected chi connectivity index (χ1v) is 11.9. The molecular weight excluding hydrogens is 438 g/mol. The van der Waals surface area contributed by atoms with Gasteiger partial charge < -0.3 is 19.1 Å². The van der Waals surface area contributed by atoms with E-state index in [4.69, 9.17) is 19.2 Å². The van der Waals surface area contributed by atoms with Crippen molar-refractivity contribution in [2.24, 2.45) is 0 Å². The summed E-state index contributed by atoms with van der Waals surface area (Å²) in [5.41, 5.74) is 3.68. The molecule has 1 amide bonds. The summed E-state index contributed by atoms with van der Waals surface area (Å²) in [5.74, 6) is 1.19. The van der Waals surface area contributed by atoms with E-state index in [2.05, 4.69) is 44.7 Å². The molecular formula is C25H33N3O4S. The number of aryl methyl sites for hydroxylation is 2. The Balaban J connectivity index is 2.08. The zero-order valence-electron chi connectivity index (χ0n) is 20.5. The molecule has 0 bridgehead atoms. The van der Waals surface area contributed by atoms with E-state index < -0.39 is 0 Å². The monoisotopic (exact) mass is 471 g/mol. The highest BCUT2D eigenvalue weighted by Crippen LogP contribution is 2.39.